The third-order valence-corrected chi connectivity index (χ3v) is 4.77. The van der Waals surface area contributed by atoms with E-state index in [1.165, 1.54) is 0 Å². The molecule has 0 unspecified atom stereocenters. The van der Waals surface area contributed by atoms with E-state index in [0.29, 0.717) is 11.7 Å². The molecule has 140 valence electrons. The molecule has 7 heteroatoms. The van der Waals surface area contributed by atoms with E-state index in [-0.39, 0.29) is 5.91 Å². The van der Waals surface area contributed by atoms with Gasteiger partial charge in [0.2, 0.25) is 5.76 Å². The van der Waals surface area contributed by atoms with Crippen LogP contribution in [-0.2, 0) is 19.4 Å². The molecule has 0 atom stereocenters. The molecular weight excluding hydrogens is 330 g/mol. The van der Waals surface area contributed by atoms with Crippen LogP contribution in [0.15, 0.2) is 23.0 Å². The standard InChI is InChI=1S/C19H27N5O2/c1-4-15-10-18(26-22-15)19(25)24-7-5-14(6-8-24)9-16-11-21-17(12-20-16)13-23(2)3/h10-12,14H,4-9,13H2,1-3H3. The van der Waals surface area contributed by atoms with Crippen LogP contribution in [0, 0.1) is 5.92 Å². The van der Waals surface area contributed by atoms with Crippen molar-refractivity contribution in [3.63, 3.8) is 0 Å². The molecule has 0 saturated carbocycles. The number of aryl methyl sites for hydroxylation is 1. The molecular formula is C19H27N5O2. The molecule has 1 saturated heterocycles. The highest BCUT2D eigenvalue weighted by Gasteiger charge is 2.26. The summed E-state index contributed by atoms with van der Waals surface area (Å²) >= 11 is 0. The lowest BCUT2D eigenvalue weighted by molar-refractivity contribution is 0.0648. The quantitative estimate of drug-likeness (QED) is 0.789. The van der Waals surface area contributed by atoms with Crippen molar-refractivity contribution in [1.82, 2.24) is 24.9 Å². The molecule has 1 fully saturated rings. The number of hydrogen-bond donors (Lipinski definition) is 0. The molecule has 2 aromatic rings. The van der Waals surface area contributed by atoms with Crippen LogP contribution >= 0.6 is 0 Å². The second kappa shape index (κ2) is 8.40. The first-order valence-corrected chi connectivity index (χ1v) is 9.24. The second-order valence-corrected chi connectivity index (χ2v) is 7.21. The molecule has 26 heavy (non-hydrogen) atoms. The predicted molar refractivity (Wildman–Crippen MR) is 97.6 cm³/mol. The van der Waals surface area contributed by atoms with Crippen molar-refractivity contribution in [2.75, 3.05) is 27.2 Å². The fourth-order valence-corrected chi connectivity index (χ4v) is 3.26. The van der Waals surface area contributed by atoms with Crippen molar-refractivity contribution in [2.24, 2.45) is 5.92 Å². The Balaban J connectivity index is 1.49. The highest BCUT2D eigenvalue weighted by atomic mass is 16.5. The van der Waals surface area contributed by atoms with E-state index < -0.39 is 0 Å². The minimum Gasteiger partial charge on any atom is -0.351 e. The van der Waals surface area contributed by atoms with E-state index in [9.17, 15) is 4.79 Å². The lowest BCUT2D eigenvalue weighted by atomic mass is 9.92. The van der Waals surface area contributed by atoms with Gasteiger partial charge in [0.15, 0.2) is 0 Å². The number of rotatable bonds is 6. The molecule has 7 nitrogen and oxygen atoms in total. The minimum absolute atomic E-state index is 0.0523. The van der Waals surface area contributed by atoms with Crippen molar-refractivity contribution in [2.45, 2.75) is 39.2 Å². The van der Waals surface area contributed by atoms with Crippen LogP contribution < -0.4 is 0 Å². The Morgan fingerprint density at radius 2 is 1.88 bits per heavy atom. The molecule has 1 aliphatic heterocycles. The van der Waals surface area contributed by atoms with Gasteiger partial charge < -0.3 is 14.3 Å². The normalized spacial score (nSPS) is 15.6. The van der Waals surface area contributed by atoms with Crippen molar-refractivity contribution >= 4 is 5.91 Å². The second-order valence-electron chi connectivity index (χ2n) is 7.21. The van der Waals surface area contributed by atoms with E-state index in [0.717, 1.165) is 62.4 Å². The number of carbonyl (C=O) groups excluding carboxylic acids is 1. The molecule has 3 heterocycles. The fourth-order valence-electron chi connectivity index (χ4n) is 3.26. The zero-order valence-electron chi connectivity index (χ0n) is 15.8. The minimum atomic E-state index is -0.0523. The summed E-state index contributed by atoms with van der Waals surface area (Å²) in [5.41, 5.74) is 2.83. The first kappa shape index (κ1) is 18.5. The highest BCUT2D eigenvalue weighted by Crippen LogP contribution is 2.22. The number of aromatic nitrogens is 3. The highest BCUT2D eigenvalue weighted by molar-refractivity contribution is 5.91. The molecule has 1 aliphatic rings. The fraction of sp³-hybridized carbons (Fsp3) is 0.579. The van der Waals surface area contributed by atoms with Gasteiger partial charge in [0.25, 0.3) is 5.91 Å². The first-order valence-electron chi connectivity index (χ1n) is 9.24. The molecule has 0 radical (unpaired) electrons. The van der Waals surface area contributed by atoms with Crippen LogP contribution in [0.25, 0.3) is 0 Å². The molecule has 1 amide bonds. The maximum absolute atomic E-state index is 12.5. The van der Waals surface area contributed by atoms with Gasteiger partial charge in [0, 0.05) is 31.9 Å². The Morgan fingerprint density at radius 3 is 2.46 bits per heavy atom. The molecule has 0 aromatic carbocycles. The van der Waals surface area contributed by atoms with Crippen LogP contribution in [0.3, 0.4) is 0 Å². The van der Waals surface area contributed by atoms with Gasteiger partial charge in [-0.05, 0) is 45.7 Å². The van der Waals surface area contributed by atoms with Gasteiger partial charge in [-0.2, -0.15) is 0 Å². The zero-order valence-corrected chi connectivity index (χ0v) is 15.8. The van der Waals surface area contributed by atoms with Crippen molar-refractivity contribution in [3.05, 3.63) is 41.3 Å². The Labute approximate surface area is 154 Å². The van der Waals surface area contributed by atoms with Gasteiger partial charge in [-0.1, -0.05) is 12.1 Å². The average Bonchev–Trinajstić information content (AvgIpc) is 3.12. The zero-order chi connectivity index (χ0) is 18.5. The number of piperidine rings is 1. The van der Waals surface area contributed by atoms with Gasteiger partial charge in [0.05, 0.1) is 23.3 Å². The molecule has 0 aliphatic carbocycles. The van der Waals surface area contributed by atoms with E-state index in [1.807, 2.05) is 38.3 Å². The summed E-state index contributed by atoms with van der Waals surface area (Å²) in [5, 5.41) is 3.91. The summed E-state index contributed by atoms with van der Waals surface area (Å²) in [6.07, 6.45) is 7.39. The molecule has 0 bridgehead atoms. The van der Waals surface area contributed by atoms with E-state index in [2.05, 4.69) is 20.0 Å². The lowest BCUT2D eigenvalue weighted by Crippen LogP contribution is -2.38. The summed E-state index contributed by atoms with van der Waals surface area (Å²) in [6.45, 7) is 4.29. The van der Waals surface area contributed by atoms with Crippen molar-refractivity contribution in [3.8, 4) is 0 Å². The topological polar surface area (TPSA) is 75.4 Å². The maximum Gasteiger partial charge on any atom is 0.292 e. The SMILES string of the molecule is CCc1cc(C(=O)N2CCC(Cc3cnc(CN(C)C)cn3)CC2)on1. The van der Waals surface area contributed by atoms with Crippen LogP contribution in [0.5, 0.6) is 0 Å². The predicted octanol–water partition coefficient (Wildman–Crippen LogP) is 2.18. The van der Waals surface area contributed by atoms with Crippen molar-refractivity contribution < 1.29 is 9.32 Å². The first-order chi connectivity index (χ1) is 12.5. The Hall–Kier alpha value is -2.28. The number of amides is 1. The summed E-state index contributed by atoms with van der Waals surface area (Å²) in [6, 6.07) is 1.75. The number of nitrogens with zero attached hydrogens (tertiary/aromatic N) is 5. The van der Waals surface area contributed by atoms with E-state index >= 15 is 0 Å². The van der Waals surface area contributed by atoms with Crippen LogP contribution in [-0.4, -0.2) is 58.0 Å². The van der Waals surface area contributed by atoms with Crippen LogP contribution in [0.2, 0.25) is 0 Å². The summed E-state index contributed by atoms with van der Waals surface area (Å²) in [7, 11) is 4.04. The van der Waals surface area contributed by atoms with Gasteiger partial charge in [0.1, 0.15) is 0 Å². The Morgan fingerprint density at radius 1 is 1.19 bits per heavy atom. The van der Waals surface area contributed by atoms with Gasteiger partial charge in [-0.15, -0.1) is 0 Å². The molecule has 2 aromatic heterocycles. The molecule has 0 N–H and O–H groups in total. The number of carbonyl (C=O) groups is 1. The van der Waals surface area contributed by atoms with E-state index in [4.69, 9.17) is 4.52 Å². The summed E-state index contributed by atoms with van der Waals surface area (Å²) < 4.78 is 5.17. The van der Waals surface area contributed by atoms with Gasteiger partial charge in [-0.25, -0.2) is 0 Å². The summed E-state index contributed by atoms with van der Waals surface area (Å²) in [4.78, 5) is 25.5. The number of likely N-dealkylation sites (tertiary alicyclic amines) is 1. The lowest BCUT2D eigenvalue weighted by Gasteiger charge is -2.31. The maximum atomic E-state index is 12.5. The average molecular weight is 357 g/mol. The molecule has 0 spiro atoms. The molecule has 3 rings (SSSR count). The van der Waals surface area contributed by atoms with Gasteiger partial charge in [-0.3, -0.25) is 14.8 Å². The van der Waals surface area contributed by atoms with Crippen LogP contribution in [0.1, 0.15) is 47.4 Å². The van der Waals surface area contributed by atoms with E-state index in [1.54, 1.807) is 6.07 Å². The number of hydrogen-bond acceptors (Lipinski definition) is 6. The Bertz CT molecular complexity index is 718. The van der Waals surface area contributed by atoms with Crippen LogP contribution in [0.4, 0.5) is 0 Å². The third-order valence-electron chi connectivity index (χ3n) is 4.77. The smallest absolute Gasteiger partial charge is 0.292 e. The summed E-state index contributed by atoms with van der Waals surface area (Å²) in [5.74, 6) is 0.833. The third kappa shape index (κ3) is 4.66. The van der Waals surface area contributed by atoms with Gasteiger partial charge >= 0.3 is 0 Å². The van der Waals surface area contributed by atoms with Crippen molar-refractivity contribution in [1.29, 1.82) is 0 Å². The largest absolute Gasteiger partial charge is 0.351 e. The monoisotopic (exact) mass is 357 g/mol. The Kier molecular flexibility index (Phi) is 5.98.